The van der Waals surface area contributed by atoms with Crippen LogP contribution < -0.4 is 4.90 Å². The van der Waals surface area contributed by atoms with Gasteiger partial charge in [0.15, 0.2) is 0 Å². The van der Waals surface area contributed by atoms with E-state index in [-0.39, 0.29) is 0 Å². The Morgan fingerprint density at radius 1 is 0.246 bits per heavy atom. The van der Waals surface area contributed by atoms with E-state index in [2.05, 4.69) is 275 Å². The molecule has 14 rings (SSSR count). The van der Waals surface area contributed by atoms with Crippen molar-refractivity contribution in [2.45, 2.75) is 0 Å². The molecular formula is C66H43N3. The maximum atomic E-state index is 2.50. The summed E-state index contributed by atoms with van der Waals surface area (Å²) in [6, 6.07) is 95.7. The number of benzene rings is 12. The molecule has 14 aromatic rings. The van der Waals surface area contributed by atoms with Crippen LogP contribution in [0.2, 0.25) is 0 Å². The average Bonchev–Trinajstić information content (AvgIpc) is 3.94. The van der Waals surface area contributed by atoms with Crippen LogP contribution in [0, 0.1) is 0 Å². The van der Waals surface area contributed by atoms with Gasteiger partial charge in [-0.15, -0.1) is 0 Å². The molecule has 0 aliphatic heterocycles. The van der Waals surface area contributed by atoms with E-state index in [0.29, 0.717) is 0 Å². The van der Waals surface area contributed by atoms with Gasteiger partial charge in [0.2, 0.25) is 0 Å². The second-order valence-electron chi connectivity index (χ2n) is 18.0. The third-order valence-corrected chi connectivity index (χ3v) is 14.3. The van der Waals surface area contributed by atoms with Crippen LogP contribution in [0.15, 0.2) is 261 Å². The second-order valence-corrected chi connectivity index (χ2v) is 18.0. The largest absolute Gasteiger partial charge is 0.310 e. The molecule has 2 heterocycles. The minimum atomic E-state index is 1.07. The second kappa shape index (κ2) is 15.7. The van der Waals surface area contributed by atoms with Gasteiger partial charge in [0.25, 0.3) is 0 Å². The number of rotatable bonds is 7. The molecule has 2 aromatic heterocycles. The maximum absolute atomic E-state index is 2.50. The summed E-state index contributed by atoms with van der Waals surface area (Å²) in [5.41, 5.74) is 14.9. The van der Waals surface area contributed by atoms with Crippen LogP contribution in [0.1, 0.15) is 0 Å². The summed E-state index contributed by atoms with van der Waals surface area (Å²) in [7, 11) is 0. The first-order chi connectivity index (χ1) is 34.3. The lowest BCUT2D eigenvalue weighted by atomic mass is 9.93. The average molecular weight is 878 g/mol. The van der Waals surface area contributed by atoms with Crippen molar-refractivity contribution in [3.05, 3.63) is 261 Å². The van der Waals surface area contributed by atoms with Gasteiger partial charge >= 0.3 is 0 Å². The fourth-order valence-electron chi connectivity index (χ4n) is 11.3. The molecule has 69 heavy (non-hydrogen) atoms. The summed E-state index contributed by atoms with van der Waals surface area (Å²) < 4.78 is 4.94. The lowest BCUT2D eigenvalue weighted by Gasteiger charge is -2.28. The summed E-state index contributed by atoms with van der Waals surface area (Å²) in [5.74, 6) is 0. The van der Waals surface area contributed by atoms with Crippen LogP contribution in [0.4, 0.5) is 17.1 Å². The van der Waals surface area contributed by atoms with Gasteiger partial charge < -0.3 is 14.0 Å². The van der Waals surface area contributed by atoms with Gasteiger partial charge in [-0.2, -0.15) is 0 Å². The van der Waals surface area contributed by atoms with Crippen molar-refractivity contribution in [3.63, 3.8) is 0 Å². The lowest BCUT2D eigenvalue weighted by molar-refractivity contribution is 1.13. The summed E-state index contributed by atoms with van der Waals surface area (Å²) in [6.45, 7) is 0. The standard InChI is InChI=1S/C66H43N3/c1-4-19-44(20-5-1)50-38-35-47(41-60(50)45-21-6-2-7-22-45)67(48-36-39-55-53-27-11-10-25-51(53)52-26-12-13-28-54(52)61(55)42-48)49-37-40-58-56-29-14-17-33-63(56)69(65(58)43-49)64-34-18-31-59-57-30-15-16-32-62(57)68(66(59)64)46-23-8-3-9-24-46/h1-43H. The van der Waals surface area contributed by atoms with Gasteiger partial charge in [-0.1, -0.05) is 194 Å². The molecule has 0 radical (unpaired) electrons. The van der Waals surface area contributed by atoms with Crippen LogP contribution in [0.25, 0.3) is 110 Å². The Morgan fingerprint density at radius 3 is 1.33 bits per heavy atom. The molecule has 0 N–H and O–H groups in total. The predicted octanol–water partition coefficient (Wildman–Crippen LogP) is 18.1. The summed E-state index contributed by atoms with van der Waals surface area (Å²) in [6.07, 6.45) is 0. The zero-order valence-electron chi connectivity index (χ0n) is 37.7. The van der Waals surface area contributed by atoms with E-state index in [1.165, 1.54) is 87.1 Å². The van der Waals surface area contributed by atoms with Crippen molar-refractivity contribution < 1.29 is 0 Å². The first-order valence-electron chi connectivity index (χ1n) is 23.8. The topological polar surface area (TPSA) is 13.1 Å². The Morgan fingerprint density at radius 2 is 0.681 bits per heavy atom. The van der Waals surface area contributed by atoms with Crippen molar-refractivity contribution in [1.29, 1.82) is 0 Å². The maximum Gasteiger partial charge on any atom is 0.0782 e. The van der Waals surface area contributed by atoms with Gasteiger partial charge in [-0.05, 0) is 121 Å². The number of para-hydroxylation sites is 4. The van der Waals surface area contributed by atoms with E-state index in [9.17, 15) is 0 Å². The first-order valence-corrected chi connectivity index (χ1v) is 23.8. The highest BCUT2D eigenvalue weighted by Gasteiger charge is 2.23. The zero-order valence-corrected chi connectivity index (χ0v) is 37.7. The minimum absolute atomic E-state index is 1.07. The molecule has 12 aromatic carbocycles. The molecule has 0 amide bonds. The Balaban J connectivity index is 1.07. The van der Waals surface area contributed by atoms with Crippen molar-refractivity contribution >= 4 is 93.0 Å². The van der Waals surface area contributed by atoms with Gasteiger partial charge in [-0.3, -0.25) is 0 Å². The van der Waals surface area contributed by atoms with Crippen LogP contribution >= 0.6 is 0 Å². The fourth-order valence-corrected chi connectivity index (χ4v) is 11.3. The van der Waals surface area contributed by atoms with Crippen molar-refractivity contribution in [3.8, 4) is 33.6 Å². The summed E-state index contributed by atoms with van der Waals surface area (Å²) in [4.78, 5) is 2.47. The predicted molar refractivity (Wildman–Crippen MR) is 293 cm³/mol. The zero-order chi connectivity index (χ0) is 45.4. The monoisotopic (exact) mass is 877 g/mol. The number of hydrogen-bond acceptors (Lipinski definition) is 1. The quantitative estimate of drug-likeness (QED) is 0.145. The molecule has 0 fully saturated rings. The Hall–Kier alpha value is -9.18. The molecule has 0 atom stereocenters. The number of hydrogen-bond donors (Lipinski definition) is 0. The normalized spacial score (nSPS) is 11.8. The Labute approximate surface area is 399 Å². The van der Waals surface area contributed by atoms with Gasteiger partial charge in [0, 0.05) is 44.3 Å². The van der Waals surface area contributed by atoms with Crippen molar-refractivity contribution in [2.24, 2.45) is 0 Å². The molecule has 3 heteroatoms. The number of aromatic nitrogens is 2. The first kappa shape index (κ1) is 39.0. The van der Waals surface area contributed by atoms with Crippen molar-refractivity contribution in [2.75, 3.05) is 4.90 Å². The fraction of sp³-hybridized carbons (Fsp3) is 0. The molecule has 0 saturated carbocycles. The summed E-state index contributed by atoms with van der Waals surface area (Å²) >= 11 is 0. The minimum Gasteiger partial charge on any atom is -0.310 e. The lowest BCUT2D eigenvalue weighted by Crippen LogP contribution is -2.10. The van der Waals surface area contributed by atoms with Crippen LogP contribution in [-0.4, -0.2) is 9.13 Å². The Kier molecular flexibility index (Phi) is 8.90. The van der Waals surface area contributed by atoms with Crippen LogP contribution in [0.3, 0.4) is 0 Å². The van der Waals surface area contributed by atoms with Gasteiger partial charge in [0.05, 0.1) is 27.8 Å². The highest BCUT2D eigenvalue weighted by Crippen LogP contribution is 2.46. The smallest absolute Gasteiger partial charge is 0.0782 e. The molecular weight excluding hydrogens is 835 g/mol. The third-order valence-electron chi connectivity index (χ3n) is 14.3. The van der Waals surface area contributed by atoms with E-state index < -0.39 is 0 Å². The third kappa shape index (κ3) is 6.14. The summed E-state index contributed by atoms with van der Waals surface area (Å²) in [5, 5.41) is 12.4. The number of anilines is 3. The molecule has 0 unspecified atom stereocenters. The molecule has 0 bridgehead atoms. The molecule has 322 valence electrons. The highest BCUT2D eigenvalue weighted by atomic mass is 15.1. The van der Waals surface area contributed by atoms with E-state index in [0.717, 1.165) is 39.5 Å². The SMILES string of the molecule is c1ccc(-c2ccc(N(c3ccc4c5ccccc5c5ccccc5c4c3)c3ccc4c5ccccc5n(-c5cccc6c7ccccc7n(-c7ccccc7)c56)c4c3)cc2-c2ccccc2)cc1. The van der Waals surface area contributed by atoms with Gasteiger partial charge in [0.1, 0.15) is 0 Å². The molecule has 3 nitrogen and oxygen atoms in total. The number of fused-ring (bicyclic) bond motifs is 12. The van der Waals surface area contributed by atoms with Gasteiger partial charge in [-0.25, -0.2) is 0 Å². The van der Waals surface area contributed by atoms with Crippen molar-refractivity contribution in [1.82, 2.24) is 9.13 Å². The van der Waals surface area contributed by atoms with E-state index in [1.807, 2.05) is 0 Å². The molecule has 0 saturated heterocycles. The molecule has 0 aliphatic rings. The van der Waals surface area contributed by atoms with E-state index in [4.69, 9.17) is 0 Å². The number of nitrogens with zero attached hydrogens (tertiary/aromatic N) is 3. The van der Waals surface area contributed by atoms with E-state index in [1.54, 1.807) is 0 Å². The highest BCUT2D eigenvalue weighted by molar-refractivity contribution is 6.26. The molecule has 0 spiro atoms. The Bertz CT molecular complexity index is 4260. The van der Waals surface area contributed by atoms with Crippen LogP contribution in [0.5, 0.6) is 0 Å². The molecule has 0 aliphatic carbocycles. The van der Waals surface area contributed by atoms with E-state index >= 15 is 0 Å². The van der Waals surface area contributed by atoms with Crippen LogP contribution in [-0.2, 0) is 0 Å².